The minimum absolute atomic E-state index is 0. The quantitative estimate of drug-likeness (QED) is 0.385. The molecule has 0 saturated heterocycles. The summed E-state index contributed by atoms with van der Waals surface area (Å²) in [4.78, 5) is 0. The summed E-state index contributed by atoms with van der Waals surface area (Å²) in [6, 6.07) is 0. The molecule has 0 atom stereocenters. The second-order valence-electron chi connectivity index (χ2n) is 0. The lowest BCUT2D eigenvalue weighted by atomic mass is 11.3. The summed E-state index contributed by atoms with van der Waals surface area (Å²) in [6.45, 7) is 12.0. The summed E-state index contributed by atoms with van der Waals surface area (Å²) in [5.74, 6) is 0. The van der Waals surface area contributed by atoms with Gasteiger partial charge >= 0.3 is 0 Å². The molecule has 0 aromatic carbocycles. The summed E-state index contributed by atoms with van der Waals surface area (Å²) in [7, 11) is 0. The van der Waals surface area contributed by atoms with Gasteiger partial charge in [-0.25, -0.2) is 0 Å². The smallest absolute Gasteiger partial charge is 0.106 e. The summed E-state index contributed by atoms with van der Waals surface area (Å²) < 4.78 is 0. The molecule has 0 saturated carbocycles. The maximum absolute atomic E-state index is 3.00. The van der Waals surface area contributed by atoms with Crippen molar-refractivity contribution in [1.29, 1.82) is 0 Å². The highest BCUT2D eigenvalue weighted by molar-refractivity contribution is 4.22. The Morgan fingerprint density at radius 1 is 0.600 bits per heavy atom. The molecular formula is C4H9F. The molecule has 1 heteroatoms. The average Bonchev–Trinajstić information content (AvgIpc) is 1.50. The first-order valence-electron chi connectivity index (χ1n) is 1.000. The molecule has 0 aliphatic rings. The third-order valence-electron chi connectivity index (χ3n) is 0. The van der Waals surface area contributed by atoms with Crippen molar-refractivity contribution < 1.29 is 4.70 Å². The van der Waals surface area contributed by atoms with Gasteiger partial charge in [-0.1, -0.05) is 0 Å². The Morgan fingerprint density at radius 2 is 0.600 bits per heavy atom. The van der Waals surface area contributed by atoms with Gasteiger partial charge < -0.3 is 0 Å². The minimum atomic E-state index is 0. The van der Waals surface area contributed by atoms with Crippen molar-refractivity contribution in [2.45, 2.75) is 0 Å². The molecule has 32 valence electrons. The molecule has 0 rings (SSSR count). The molecule has 0 aliphatic carbocycles. The van der Waals surface area contributed by atoms with Crippen LogP contribution in [-0.2, 0) is 0 Å². The summed E-state index contributed by atoms with van der Waals surface area (Å²) in [5.41, 5.74) is 0. The molecule has 0 fully saturated rings. The molecule has 0 N–H and O–H groups in total. The van der Waals surface area contributed by atoms with Crippen molar-refractivity contribution in [1.82, 2.24) is 0 Å². The average molecular weight is 76.1 g/mol. The first-order valence-corrected chi connectivity index (χ1v) is 1.000. The number of hydrogen-bond donors (Lipinski definition) is 0. The second-order valence-corrected chi connectivity index (χ2v) is 0. The van der Waals surface area contributed by atoms with E-state index in [1.165, 1.54) is 0 Å². The Labute approximate surface area is 32.2 Å². The summed E-state index contributed by atoms with van der Waals surface area (Å²) in [5, 5.41) is 0. The zero-order valence-corrected chi connectivity index (χ0v) is 3.24. The van der Waals surface area contributed by atoms with Gasteiger partial charge in [-0.3, -0.25) is 4.70 Å². The molecule has 0 unspecified atom stereocenters. The largest absolute Gasteiger partial charge is 0.269 e. The van der Waals surface area contributed by atoms with Crippen molar-refractivity contribution >= 4 is 0 Å². The van der Waals surface area contributed by atoms with Gasteiger partial charge in [-0.2, -0.15) is 0 Å². The monoisotopic (exact) mass is 76.1 g/mol. The topological polar surface area (TPSA) is 0 Å². The first-order chi connectivity index (χ1) is 2.00. The second kappa shape index (κ2) is 56.9. The van der Waals surface area contributed by atoms with E-state index in [0.717, 1.165) is 0 Å². The predicted molar refractivity (Wildman–Crippen MR) is 25.0 cm³/mol. The van der Waals surface area contributed by atoms with Crippen molar-refractivity contribution in [3.8, 4) is 0 Å². The first kappa shape index (κ1) is 25.8. The standard InChI is InChI=1S/2C2H4.FH/c2*1-2;/h2*1-2H2;1H. The summed E-state index contributed by atoms with van der Waals surface area (Å²) >= 11 is 0. The van der Waals surface area contributed by atoms with E-state index in [-0.39, 0.29) is 4.70 Å². The van der Waals surface area contributed by atoms with Crippen LogP contribution in [-0.4, -0.2) is 0 Å². The van der Waals surface area contributed by atoms with E-state index in [9.17, 15) is 0 Å². The fourth-order valence-corrected chi connectivity index (χ4v) is 0. The normalized spacial score (nSPS) is 1.60. The van der Waals surface area contributed by atoms with Crippen molar-refractivity contribution in [3.05, 3.63) is 26.3 Å². The van der Waals surface area contributed by atoms with Crippen LogP contribution in [0.3, 0.4) is 0 Å². The van der Waals surface area contributed by atoms with Crippen molar-refractivity contribution in [2.24, 2.45) is 0 Å². The summed E-state index contributed by atoms with van der Waals surface area (Å²) in [6.07, 6.45) is 0. The Morgan fingerprint density at radius 3 is 0.600 bits per heavy atom. The van der Waals surface area contributed by atoms with Crippen LogP contribution in [0.4, 0.5) is 4.70 Å². The molecule has 0 amide bonds. The Hall–Kier alpha value is -0.590. The van der Waals surface area contributed by atoms with Gasteiger partial charge in [0.15, 0.2) is 0 Å². The van der Waals surface area contributed by atoms with E-state index < -0.39 is 0 Å². The SMILES string of the molecule is C=C.C=C.F. The van der Waals surface area contributed by atoms with E-state index >= 15 is 0 Å². The van der Waals surface area contributed by atoms with Crippen molar-refractivity contribution in [3.63, 3.8) is 0 Å². The van der Waals surface area contributed by atoms with E-state index in [0.29, 0.717) is 0 Å². The van der Waals surface area contributed by atoms with Crippen LogP contribution in [0.2, 0.25) is 0 Å². The maximum atomic E-state index is 3.00. The Balaban J connectivity index is -0.0000000133. The predicted octanol–water partition coefficient (Wildman–Crippen LogP) is 1.76. The zero-order chi connectivity index (χ0) is 4.00. The molecule has 0 bridgehead atoms. The maximum Gasteiger partial charge on any atom is -0.106 e. The van der Waals surface area contributed by atoms with E-state index in [1.54, 1.807) is 0 Å². The van der Waals surface area contributed by atoms with Crippen LogP contribution in [0, 0.1) is 0 Å². The fourth-order valence-electron chi connectivity index (χ4n) is 0. The van der Waals surface area contributed by atoms with Gasteiger partial charge in [-0.05, 0) is 0 Å². The third kappa shape index (κ3) is 19.5. The third-order valence-corrected chi connectivity index (χ3v) is 0. The highest BCUT2D eigenvalue weighted by Crippen LogP contribution is 0.864. The van der Waals surface area contributed by atoms with E-state index in [1.807, 2.05) is 0 Å². The lowest BCUT2D eigenvalue weighted by Gasteiger charge is -0.813. The highest BCUT2D eigenvalue weighted by atomic mass is 19.0. The lowest BCUT2D eigenvalue weighted by Crippen LogP contribution is -0.552. The number of hydrogen-bond acceptors (Lipinski definition) is 0. The minimum Gasteiger partial charge on any atom is -0.269 e. The molecule has 0 aromatic heterocycles. The molecule has 0 spiro atoms. The molecule has 5 heavy (non-hydrogen) atoms. The van der Waals surface area contributed by atoms with E-state index in [2.05, 4.69) is 26.3 Å². The molecule has 0 radical (unpaired) electrons. The van der Waals surface area contributed by atoms with Gasteiger partial charge in [0.05, 0.1) is 0 Å². The van der Waals surface area contributed by atoms with Crippen LogP contribution < -0.4 is 0 Å². The Bertz CT molecular complexity index is 5.61. The van der Waals surface area contributed by atoms with Crippen LogP contribution >= 0.6 is 0 Å². The molecule has 0 heterocycles. The van der Waals surface area contributed by atoms with Crippen LogP contribution in [0.5, 0.6) is 0 Å². The van der Waals surface area contributed by atoms with Crippen LogP contribution in [0.15, 0.2) is 26.3 Å². The van der Waals surface area contributed by atoms with Gasteiger partial charge in [0, 0.05) is 0 Å². The van der Waals surface area contributed by atoms with Crippen LogP contribution in [0.1, 0.15) is 0 Å². The van der Waals surface area contributed by atoms with Gasteiger partial charge in [-0.15, -0.1) is 26.3 Å². The van der Waals surface area contributed by atoms with Gasteiger partial charge in [0.2, 0.25) is 0 Å². The number of halogens is 1. The highest BCUT2D eigenvalue weighted by Gasteiger charge is 0.603. The fraction of sp³-hybridized carbons (Fsp3) is 0. The molecule has 0 aromatic rings. The Kier molecular flexibility index (Phi) is 294. The zero-order valence-electron chi connectivity index (χ0n) is 3.24. The van der Waals surface area contributed by atoms with Crippen molar-refractivity contribution in [2.75, 3.05) is 0 Å². The van der Waals surface area contributed by atoms with Gasteiger partial charge in [0.25, 0.3) is 0 Å². The number of rotatable bonds is 0. The lowest BCUT2D eigenvalue weighted by molar-refractivity contribution is 1.11. The molecule has 0 aliphatic heterocycles. The molecular weight excluding hydrogens is 67.0 g/mol. The van der Waals surface area contributed by atoms with E-state index in [4.69, 9.17) is 0 Å². The molecule has 0 nitrogen and oxygen atoms in total. The van der Waals surface area contributed by atoms with Crippen LogP contribution in [0.25, 0.3) is 0 Å². The van der Waals surface area contributed by atoms with Gasteiger partial charge in [0.1, 0.15) is 0 Å².